The van der Waals surface area contributed by atoms with Crippen LogP contribution in [0.15, 0.2) is 42.5 Å². The minimum absolute atomic E-state index is 0.205. The number of rotatable bonds is 4. The van der Waals surface area contributed by atoms with Crippen LogP contribution in [-0.4, -0.2) is 22.9 Å². The van der Waals surface area contributed by atoms with Crippen LogP contribution in [0.25, 0.3) is 11.3 Å². The standard InChI is InChI=1S/C21H18ClN3O3/c22-16-4-2-1-3-15(16)20-18(19(24-25-20)12-5-6-12)21(26)23-14-7-8-17-13(9-14)10-27-11-28-17/h1-4,7-9,12H,5-6,10-11H2,(H,23,26)(H,24,25). The van der Waals surface area contributed by atoms with Gasteiger partial charge in [-0.2, -0.15) is 5.10 Å². The number of nitrogens with one attached hydrogen (secondary N) is 2. The number of carbonyl (C=O) groups excluding carboxylic acids is 1. The predicted octanol–water partition coefficient (Wildman–Crippen LogP) is 4.73. The molecule has 3 aromatic rings. The highest BCUT2D eigenvalue weighted by atomic mass is 35.5. The molecule has 1 aliphatic carbocycles. The molecule has 0 bridgehead atoms. The average Bonchev–Trinajstić information content (AvgIpc) is 3.46. The zero-order valence-electron chi connectivity index (χ0n) is 15.0. The highest BCUT2D eigenvalue weighted by molar-refractivity contribution is 6.33. The van der Waals surface area contributed by atoms with E-state index in [1.807, 2.05) is 36.4 Å². The van der Waals surface area contributed by atoms with E-state index in [9.17, 15) is 4.79 Å². The van der Waals surface area contributed by atoms with Crippen LogP contribution in [0.1, 0.15) is 40.4 Å². The summed E-state index contributed by atoms with van der Waals surface area (Å²) in [4.78, 5) is 13.2. The van der Waals surface area contributed by atoms with Gasteiger partial charge in [-0.25, -0.2) is 0 Å². The second-order valence-electron chi connectivity index (χ2n) is 7.00. The summed E-state index contributed by atoms with van der Waals surface area (Å²) in [6.07, 6.45) is 2.11. The predicted molar refractivity (Wildman–Crippen MR) is 106 cm³/mol. The highest BCUT2D eigenvalue weighted by Crippen LogP contribution is 2.43. The minimum atomic E-state index is -0.205. The van der Waals surface area contributed by atoms with E-state index >= 15 is 0 Å². The third-order valence-electron chi connectivity index (χ3n) is 5.01. The quantitative estimate of drug-likeness (QED) is 0.669. The van der Waals surface area contributed by atoms with Crippen molar-refractivity contribution in [1.82, 2.24) is 10.2 Å². The second-order valence-corrected chi connectivity index (χ2v) is 7.41. The van der Waals surface area contributed by atoms with Gasteiger partial charge in [0.1, 0.15) is 11.4 Å². The molecule has 2 aliphatic rings. The Balaban J connectivity index is 1.51. The molecule has 28 heavy (non-hydrogen) atoms. The van der Waals surface area contributed by atoms with Gasteiger partial charge >= 0.3 is 0 Å². The zero-order chi connectivity index (χ0) is 19.1. The van der Waals surface area contributed by atoms with Gasteiger partial charge in [0, 0.05) is 22.7 Å². The lowest BCUT2D eigenvalue weighted by Gasteiger charge is -2.18. The molecular formula is C21H18ClN3O3. The van der Waals surface area contributed by atoms with Crippen molar-refractivity contribution in [2.45, 2.75) is 25.4 Å². The fourth-order valence-electron chi connectivity index (χ4n) is 3.46. The van der Waals surface area contributed by atoms with Crippen molar-refractivity contribution in [3.8, 4) is 17.0 Å². The van der Waals surface area contributed by atoms with Crippen LogP contribution in [-0.2, 0) is 11.3 Å². The van der Waals surface area contributed by atoms with Gasteiger partial charge in [-0.05, 0) is 37.1 Å². The normalized spacial score (nSPS) is 15.6. The summed E-state index contributed by atoms with van der Waals surface area (Å²) in [5.74, 6) is 0.918. The van der Waals surface area contributed by atoms with Crippen molar-refractivity contribution in [2.75, 3.05) is 12.1 Å². The number of amides is 1. The molecule has 1 saturated carbocycles. The van der Waals surface area contributed by atoms with E-state index in [1.54, 1.807) is 6.07 Å². The van der Waals surface area contributed by atoms with E-state index in [1.165, 1.54) is 0 Å². The maximum Gasteiger partial charge on any atom is 0.259 e. The third kappa shape index (κ3) is 3.15. The first kappa shape index (κ1) is 17.3. The number of nitrogens with zero attached hydrogens (tertiary/aromatic N) is 1. The van der Waals surface area contributed by atoms with Crippen molar-refractivity contribution in [3.63, 3.8) is 0 Å². The number of H-pyrrole nitrogens is 1. The molecule has 0 radical (unpaired) electrons. The molecule has 2 heterocycles. The van der Waals surface area contributed by atoms with Gasteiger partial charge in [0.25, 0.3) is 5.91 Å². The Morgan fingerprint density at radius 1 is 1.21 bits per heavy atom. The van der Waals surface area contributed by atoms with Crippen LogP contribution >= 0.6 is 11.6 Å². The molecule has 7 heteroatoms. The number of benzene rings is 2. The lowest BCUT2D eigenvalue weighted by molar-refractivity contribution is -0.0163. The fourth-order valence-corrected chi connectivity index (χ4v) is 3.69. The van der Waals surface area contributed by atoms with Gasteiger partial charge in [-0.15, -0.1) is 0 Å². The van der Waals surface area contributed by atoms with Gasteiger partial charge in [0.15, 0.2) is 6.79 Å². The van der Waals surface area contributed by atoms with Gasteiger partial charge in [0.2, 0.25) is 0 Å². The maximum absolute atomic E-state index is 13.2. The van der Waals surface area contributed by atoms with Gasteiger partial charge in [-0.1, -0.05) is 29.8 Å². The van der Waals surface area contributed by atoms with Crippen molar-refractivity contribution in [2.24, 2.45) is 0 Å². The van der Waals surface area contributed by atoms with Crippen LogP contribution in [0.2, 0.25) is 5.02 Å². The van der Waals surface area contributed by atoms with Crippen molar-refractivity contribution in [3.05, 3.63) is 64.3 Å². The topological polar surface area (TPSA) is 76.2 Å². The number of aromatic nitrogens is 2. The lowest BCUT2D eigenvalue weighted by Crippen LogP contribution is -2.16. The number of hydrogen-bond donors (Lipinski definition) is 2. The Kier molecular flexibility index (Phi) is 4.30. The highest BCUT2D eigenvalue weighted by Gasteiger charge is 2.33. The molecule has 0 unspecified atom stereocenters. The first-order valence-electron chi connectivity index (χ1n) is 9.18. The van der Waals surface area contributed by atoms with Crippen LogP contribution in [0.3, 0.4) is 0 Å². The van der Waals surface area contributed by atoms with E-state index in [4.69, 9.17) is 21.1 Å². The van der Waals surface area contributed by atoms with Gasteiger partial charge in [0.05, 0.1) is 22.9 Å². The Morgan fingerprint density at radius 3 is 2.89 bits per heavy atom. The maximum atomic E-state index is 13.2. The number of ether oxygens (including phenoxy) is 2. The summed E-state index contributed by atoms with van der Waals surface area (Å²) in [6, 6.07) is 13.0. The minimum Gasteiger partial charge on any atom is -0.467 e. The van der Waals surface area contributed by atoms with E-state index in [2.05, 4.69) is 15.5 Å². The Morgan fingerprint density at radius 2 is 2.07 bits per heavy atom. The van der Waals surface area contributed by atoms with Gasteiger partial charge in [-0.3, -0.25) is 9.89 Å². The molecule has 142 valence electrons. The first-order valence-corrected chi connectivity index (χ1v) is 9.56. The number of carbonyl (C=O) groups is 1. The van der Waals surface area contributed by atoms with Crippen molar-refractivity contribution < 1.29 is 14.3 Å². The number of aromatic amines is 1. The Hall–Kier alpha value is -2.83. The summed E-state index contributed by atoms with van der Waals surface area (Å²) in [5, 5.41) is 11.1. The molecule has 0 atom stereocenters. The van der Waals surface area contributed by atoms with E-state index in [0.29, 0.717) is 34.5 Å². The first-order chi connectivity index (χ1) is 13.7. The molecule has 1 fully saturated rings. The monoisotopic (exact) mass is 395 g/mol. The number of hydrogen-bond acceptors (Lipinski definition) is 4. The average molecular weight is 396 g/mol. The molecule has 0 spiro atoms. The lowest BCUT2D eigenvalue weighted by atomic mass is 10.0. The molecule has 0 saturated heterocycles. The van der Waals surface area contributed by atoms with E-state index < -0.39 is 0 Å². The SMILES string of the molecule is O=C(Nc1ccc2c(c1)COCO2)c1c(-c2ccccc2Cl)n[nH]c1C1CC1. The number of fused-ring (bicyclic) bond motifs is 1. The van der Waals surface area contributed by atoms with Crippen LogP contribution in [0.5, 0.6) is 5.75 Å². The molecular weight excluding hydrogens is 378 g/mol. The number of halogens is 1. The zero-order valence-corrected chi connectivity index (χ0v) is 15.8. The molecule has 1 aliphatic heterocycles. The summed E-state index contributed by atoms with van der Waals surface area (Å²) < 4.78 is 10.8. The van der Waals surface area contributed by atoms with Crippen LogP contribution in [0.4, 0.5) is 5.69 Å². The largest absolute Gasteiger partial charge is 0.467 e. The Labute approximate surface area is 166 Å². The molecule has 1 amide bonds. The summed E-state index contributed by atoms with van der Waals surface area (Å²) in [6.45, 7) is 0.711. The van der Waals surface area contributed by atoms with Crippen LogP contribution in [0, 0.1) is 0 Å². The molecule has 1 aromatic heterocycles. The van der Waals surface area contributed by atoms with E-state index in [-0.39, 0.29) is 12.7 Å². The van der Waals surface area contributed by atoms with Crippen molar-refractivity contribution in [1.29, 1.82) is 0 Å². The Bertz CT molecular complexity index is 1060. The van der Waals surface area contributed by atoms with E-state index in [0.717, 1.165) is 35.4 Å². The second kappa shape index (κ2) is 6.96. The molecule has 6 nitrogen and oxygen atoms in total. The fraction of sp³-hybridized carbons (Fsp3) is 0.238. The molecule has 2 N–H and O–H groups in total. The summed E-state index contributed by atoms with van der Waals surface area (Å²) in [5.41, 5.74) is 4.34. The van der Waals surface area contributed by atoms with Crippen molar-refractivity contribution >= 4 is 23.2 Å². The third-order valence-corrected chi connectivity index (χ3v) is 5.34. The smallest absolute Gasteiger partial charge is 0.259 e. The summed E-state index contributed by atoms with van der Waals surface area (Å²) >= 11 is 6.37. The molecule has 2 aromatic carbocycles. The van der Waals surface area contributed by atoms with Gasteiger partial charge < -0.3 is 14.8 Å². The summed E-state index contributed by atoms with van der Waals surface area (Å²) in [7, 11) is 0. The number of anilines is 1. The molecule has 5 rings (SSSR count). The van der Waals surface area contributed by atoms with Crippen LogP contribution < -0.4 is 10.1 Å².